The Morgan fingerprint density at radius 1 is 0.536 bits per heavy atom. The number of aliphatic carboxylic acids is 1. The summed E-state index contributed by atoms with van der Waals surface area (Å²) < 4.78 is 5.30. The Morgan fingerprint density at radius 2 is 0.913 bits per heavy atom. The topological polar surface area (TPSA) is 320 Å². The number of carboxylic acids is 1. The molecule has 0 spiro atoms. The van der Waals surface area contributed by atoms with Crippen LogP contribution in [-0.2, 0) is 59.3 Å². The van der Waals surface area contributed by atoms with Crippen molar-refractivity contribution in [1.82, 2.24) is 52.3 Å². The van der Waals surface area contributed by atoms with Crippen molar-refractivity contribution >= 4 is 65.2 Å². The monoisotopic (exact) mass is 971 g/mol. The van der Waals surface area contributed by atoms with E-state index < -0.39 is 145 Å². The van der Waals surface area contributed by atoms with E-state index in [2.05, 4.69) is 42.5 Å². The number of hydrogen-bond acceptors (Lipinski definition) is 12. The van der Waals surface area contributed by atoms with Gasteiger partial charge in [0, 0.05) is 13.1 Å². The van der Waals surface area contributed by atoms with Gasteiger partial charge < -0.3 is 62.2 Å². The lowest BCUT2D eigenvalue weighted by Gasteiger charge is -2.30. The average Bonchev–Trinajstić information content (AvgIpc) is 4.01. The highest BCUT2D eigenvalue weighted by atomic mass is 16.5. The average molecular weight is 971 g/mol. The Morgan fingerprint density at radius 3 is 1.32 bits per heavy atom. The van der Waals surface area contributed by atoms with E-state index in [4.69, 9.17) is 9.84 Å². The van der Waals surface area contributed by atoms with Crippen LogP contribution in [0.3, 0.4) is 0 Å². The second-order valence-corrected chi connectivity index (χ2v) is 18.4. The Labute approximate surface area is 402 Å². The first kappa shape index (κ1) is 56.5. The van der Waals surface area contributed by atoms with Gasteiger partial charge in [0.2, 0.25) is 53.2 Å². The number of nitrogens with zero attached hydrogens (tertiary/aromatic N) is 2. The maximum absolute atomic E-state index is 13.8. The number of amides is 10. The molecule has 2 aliphatic rings. The molecular weight excluding hydrogens is 901 g/mol. The number of carboxylic acid groups (broad SMARTS) is 1. The number of alkyl carbamates (subject to hydrolysis) is 1. The number of carbonyl (C=O) groups excluding carboxylic acids is 10. The Balaban J connectivity index is 1.50. The molecule has 2 aliphatic heterocycles. The first-order valence-corrected chi connectivity index (χ1v) is 23.3. The van der Waals surface area contributed by atoms with Crippen LogP contribution in [0, 0.1) is 23.7 Å². The molecule has 9 N–H and O–H groups in total. The number of rotatable bonds is 24. The molecule has 2 saturated heterocycles. The molecule has 2 heterocycles. The maximum Gasteiger partial charge on any atom is 0.408 e. The van der Waals surface area contributed by atoms with Crippen molar-refractivity contribution in [3.63, 3.8) is 0 Å². The summed E-state index contributed by atoms with van der Waals surface area (Å²) in [5.41, 5.74) is 0.767. The van der Waals surface area contributed by atoms with Gasteiger partial charge in [0.25, 0.3) is 0 Å². The minimum atomic E-state index is -1.26. The zero-order valence-corrected chi connectivity index (χ0v) is 40.7. The molecule has 2 fully saturated rings. The molecule has 69 heavy (non-hydrogen) atoms. The minimum absolute atomic E-state index is 0.00337. The van der Waals surface area contributed by atoms with Crippen LogP contribution in [0.15, 0.2) is 30.3 Å². The largest absolute Gasteiger partial charge is 0.480 e. The molecule has 0 saturated carbocycles. The van der Waals surface area contributed by atoms with Crippen molar-refractivity contribution in [1.29, 1.82) is 0 Å². The minimum Gasteiger partial charge on any atom is -0.480 e. The lowest BCUT2D eigenvalue weighted by molar-refractivity contribution is -0.142. The molecule has 382 valence electrons. The molecule has 0 unspecified atom stereocenters. The van der Waals surface area contributed by atoms with Crippen molar-refractivity contribution in [2.45, 2.75) is 124 Å². The molecule has 23 nitrogen and oxygen atoms in total. The van der Waals surface area contributed by atoms with Gasteiger partial charge in [-0.1, -0.05) is 85.7 Å². The van der Waals surface area contributed by atoms with Gasteiger partial charge in [0.1, 0.15) is 49.4 Å². The maximum atomic E-state index is 13.8. The van der Waals surface area contributed by atoms with Gasteiger partial charge in [-0.05, 0) is 54.9 Å². The second-order valence-electron chi connectivity index (χ2n) is 18.4. The quantitative estimate of drug-likeness (QED) is 0.0595. The van der Waals surface area contributed by atoms with Crippen LogP contribution in [0.1, 0.15) is 86.6 Å². The summed E-state index contributed by atoms with van der Waals surface area (Å²) in [5.74, 6) is -8.76. The molecule has 10 amide bonds. The molecule has 23 heteroatoms. The summed E-state index contributed by atoms with van der Waals surface area (Å²) in [4.78, 5) is 145. The number of likely N-dealkylation sites (tertiary alicyclic amines) is 2. The first-order chi connectivity index (χ1) is 32.5. The van der Waals surface area contributed by atoms with E-state index in [9.17, 15) is 52.7 Å². The third kappa shape index (κ3) is 17.7. The summed E-state index contributed by atoms with van der Waals surface area (Å²) in [7, 11) is 0. The van der Waals surface area contributed by atoms with Crippen LogP contribution < -0.4 is 42.5 Å². The smallest absolute Gasteiger partial charge is 0.408 e. The number of ether oxygens (including phenoxy) is 1. The van der Waals surface area contributed by atoms with Crippen LogP contribution in [0.25, 0.3) is 0 Å². The van der Waals surface area contributed by atoms with Gasteiger partial charge in [-0.2, -0.15) is 0 Å². The highest BCUT2D eigenvalue weighted by Crippen LogP contribution is 2.22. The van der Waals surface area contributed by atoms with Crippen molar-refractivity contribution in [3.8, 4) is 0 Å². The zero-order chi connectivity index (χ0) is 51.5. The highest BCUT2D eigenvalue weighted by molar-refractivity contribution is 5.97. The molecule has 1 aromatic carbocycles. The molecule has 3 rings (SSSR count). The molecule has 0 aromatic heterocycles. The molecular formula is C46H70N10O13. The molecule has 0 radical (unpaired) electrons. The number of nitrogens with one attached hydrogen (secondary N) is 8. The first-order valence-electron chi connectivity index (χ1n) is 23.3. The van der Waals surface area contributed by atoms with Crippen LogP contribution in [-0.4, -0.2) is 156 Å². The van der Waals surface area contributed by atoms with E-state index in [-0.39, 0.29) is 32.0 Å². The van der Waals surface area contributed by atoms with E-state index >= 15 is 0 Å². The summed E-state index contributed by atoms with van der Waals surface area (Å²) in [5, 5.41) is 28.9. The third-order valence-corrected chi connectivity index (χ3v) is 11.6. The normalized spacial score (nSPS) is 17.3. The number of benzene rings is 1. The zero-order valence-electron chi connectivity index (χ0n) is 40.7. The predicted octanol–water partition coefficient (Wildman–Crippen LogP) is -1.11. The predicted molar refractivity (Wildman–Crippen MR) is 248 cm³/mol. The van der Waals surface area contributed by atoms with Gasteiger partial charge >= 0.3 is 12.1 Å². The fourth-order valence-corrected chi connectivity index (χ4v) is 7.75. The summed E-state index contributed by atoms with van der Waals surface area (Å²) in [6, 6.07) is 2.86. The lowest BCUT2D eigenvalue weighted by atomic mass is 10.0. The van der Waals surface area contributed by atoms with Crippen molar-refractivity contribution < 1.29 is 62.6 Å². The van der Waals surface area contributed by atoms with Crippen LogP contribution in [0.2, 0.25) is 0 Å². The van der Waals surface area contributed by atoms with Gasteiger partial charge in [-0.3, -0.25) is 47.9 Å². The Hall–Kier alpha value is -6.81. The van der Waals surface area contributed by atoms with E-state index in [1.165, 1.54) is 9.80 Å². The second kappa shape index (κ2) is 27.3. The van der Waals surface area contributed by atoms with E-state index in [1.807, 2.05) is 6.07 Å². The van der Waals surface area contributed by atoms with E-state index in [1.54, 1.807) is 79.7 Å². The van der Waals surface area contributed by atoms with E-state index in [0.717, 1.165) is 5.56 Å². The summed E-state index contributed by atoms with van der Waals surface area (Å²) in [6.07, 6.45) is 0.779. The lowest BCUT2D eigenvalue weighted by Crippen LogP contribution is -2.58. The van der Waals surface area contributed by atoms with Crippen LogP contribution in [0.4, 0.5) is 4.79 Å². The molecule has 0 aliphatic carbocycles. The van der Waals surface area contributed by atoms with Crippen LogP contribution >= 0.6 is 0 Å². The van der Waals surface area contributed by atoms with Gasteiger partial charge in [0.05, 0.1) is 19.6 Å². The Bertz CT molecular complexity index is 2010. The number of hydrogen-bond donors (Lipinski definition) is 9. The molecule has 0 bridgehead atoms. The van der Waals surface area contributed by atoms with Gasteiger partial charge in [-0.15, -0.1) is 0 Å². The summed E-state index contributed by atoms with van der Waals surface area (Å²) >= 11 is 0. The fraction of sp³-hybridized carbons (Fsp3) is 0.630. The SMILES string of the molecule is CC(C)[C@H](NC(=O)CNC(=O)[C@@H]1CCCN1C(=O)[C@@H](NC(=O)CNC(=O)[C@@H](NC(=O)CNC(=O)[C@@H]1CCCN1C(=O)[C@@H](NC(=O)OCc1ccccc1)C(C)C)C(C)C)C(C)C)C(=O)NCC(=O)O. The summed E-state index contributed by atoms with van der Waals surface area (Å²) in [6.45, 7) is 11.7. The van der Waals surface area contributed by atoms with Crippen LogP contribution in [0.5, 0.6) is 0 Å². The molecule has 6 atom stereocenters. The van der Waals surface area contributed by atoms with Gasteiger partial charge in [0.15, 0.2) is 0 Å². The van der Waals surface area contributed by atoms with Crippen molar-refractivity contribution in [3.05, 3.63) is 35.9 Å². The van der Waals surface area contributed by atoms with Gasteiger partial charge in [-0.25, -0.2) is 4.79 Å². The highest BCUT2D eigenvalue weighted by Gasteiger charge is 2.41. The van der Waals surface area contributed by atoms with Crippen molar-refractivity contribution in [2.75, 3.05) is 39.3 Å². The standard InChI is InChI=1S/C46H70N10O13/c1-25(2)36(51-32(57)20-48-41(63)31-17-13-19-56(31)45(67)39(28(7)8)54-46(68)69-24-29-14-10-9-11-15-29)42(64)49-22-34(59)53-38(27(5)6)44(66)55-18-12-16-30(55)40(62)47-21-33(58)52-37(26(3)4)43(65)50-23-35(60)61/h9-11,14-15,25-28,30-31,36-39H,12-13,16-24H2,1-8H3,(H,47,62)(H,48,63)(H,49,64)(H,50,65)(H,51,57)(H,52,58)(H,53,59)(H,54,68)(H,60,61)/t30-,31-,36-,37-,38-,39-/m0/s1. The Kier molecular flexibility index (Phi) is 22.3. The third-order valence-electron chi connectivity index (χ3n) is 11.6. The van der Waals surface area contributed by atoms with Crippen molar-refractivity contribution in [2.24, 2.45) is 23.7 Å². The van der Waals surface area contributed by atoms with E-state index in [0.29, 0.717) is 19.3 Å². The fourth-order valence-electron chi connectivity index (χ4n) is 7.75. The molecule has 1 aromatic rings. The number of carbonyl (C=O) groups is 11.